The molecule has 1 N–H and O–H groups in total. The van der Waals surface area contributed by atoms with E-state index in [2.05, 4.69) is 5.32 Å². The molecule has 0 saturated carbocycles. The lowest BCUT2D eigenvalue weighted by atomic mass is 10.0. The molecule has 0 fully saturated rings. The zero-order valence-electron chi connectivity index (χ0n) is 21.3. The molecule has 2 heterocycles. The normalized spacial score (nSPS) is 17.0. The Bertz CT molecular complexity index is 1380. The van der Waals surface area contributed by atoms with Crippen molar-refractivity contribution in [3.8, 4) is 5.75 Å². The highest BCUT2D eigenvalue weighted by molar-refractivity contribution is 5.90. The average molecular weight is 497 g/mol. The van der Waals surface area contributed by atoms with Crippen LogP contribution >= 0.6 is 0 Å². The number of rotatable bonds is 9. The van der Waals surface area contributed by atoms with Crippen LogP contribution in [0.1, 0.15) is 49.3 Å². The molecule has 5 rings (SSSR count). The summed E-state index contributed by atoms with van der Waals surface area (Å²) >= 11 is 0. The second-order valence-electron chi connectivity index (χ2n) is 9.35. The Morgan fingerprint density at radius 1 is 0.973 bits per heavy atom. The number of aromatic nitrogens is 2. The predicted molar refractivity (Wildman–Crippen MR) is 143 cm³/mol. The molecule has 7 nitrogen and oxygen atoms in total. The van der Waals surface area contributed by atoms with Crippen LogP contribution in [-0.2, 0) is 22.6 Å². The molecule has 2 atom stereocenters. The van der Waals surface area contributed by atoms with Crippen molar-refractivity contribution >= 4 is 22.8 Å². The Balaban J connectivity index is 1.33. The van der Waals surface area contributed by atoms with Crippen LogP contribution in [0.3, 0.4) is 0 Å². The number of fused-ring (bicyclic) bond motifs is 3. The van der Waals surface area contributed by atoms with Crippen molar-refractivity contribution in [2.24, 2.45) is 0 Å². The molecule has 1 aliphatic rings. The maximum atomic E-state index is 13.8. The predicted octanol–water partition coefficient (Wildman–Crippen LogP) is 4.83. The number of hydrogen-bond acceptors (Lipinski definition) is 4. The van der Waals surface area contributed by atoms with Crippen LogP contribution in [0.4, 0.5) is 0 Å². The fraction of sp³-hybridized carbons (Fsp3) is 0.300. The maximum absolute atomic E-state index is 13.8. The first kappa shape index (κ1) is 24.6. The number of carbonyl (C=O) groups is 2. The number of ether oxygens (including phenoxy) is 1. The van der Waals surface area contributed by atoms with Crippen molar-refractivity contribution in [3.63, 3.8) is 0 Å². The van der Waals surface area contributed by atoms with Gasteiger partial charge in [-0.3, -0.25) is 9.59 Å². The Labute approximate surface area is 217 Å². The Hall–Kier alpha value is -4.13. The molecular formula is C30H32N4O3. The molecule has 37 heavy (non-hydrogen) atoms. The van der Waals surface area contributed by atoms with Crippen LogP contribution in [-0.4, -0.2) is 39.4 Å². The van der Waals surface area contributed by atoms with Crippen molar-refractivity contribution in [2.75, 3.05) is 13.2 Å². The third-order valence-corrected chi connectivity index (χ3v) is 6.89. The van der Waals surface area contributed by atoms with Crippen LogP contribution in [0.25, 0.3) is 11.0 Å². The first-order valence-electron chi connectivity index (χ1n) is 12.8. The van der Waals surface area contributed by atoms with E-state index in [1.54, 1.807) is 0 Å². The summed E-state index contributed by atoms with van der Waals surface area (Å²) in [5.74, 6) is 1.43. The lowest BCUT2D eigenvalue weighted by Gasteiger charge is -2.38. The summed E-state index contributed by atoms with van der Waals surface area (Å²) in [6.45, 7) is 5.56. The van der Waals surface area contributed by atoms with Crippen LogP contribution in [0.2, 0.25) is 0 Å². The van der Waals surface area contributed by atoms with E-state index in [-0.39, 0.29) is 24.3 Å². The molecule has 0 bridgehead atoms. The van der Waals surface area contributed by atoms with Crippen LogP contribution in [0.5, 0.6) is 5.75 Å². The largest absolute Gasteiger partial charge is 0.494 e. The summed E-state index contributed by atoms with van der Waals surface area (Å²) in [5.41, 5.74) is 3.87. The third-order valence-electron chi connectivity index (χ3n) is 6.89. The lowest BCUT2D eigenvalue weighted by molar-refractivity contribution is -0.142. The lowest BCUT2D eigenvalue weighted by Crippen LogP contribution is -2.46. The minimum atomic E-state index is -0.646. The molecule has 190 valence electrons. The van der Waals surface area contributed by atoms with E-state index in [0.29, 0.717) is 26.1 Å². The number of hydrogen-bond donors (Lipinski definition) is 1. The van der Waals surface area contributed by atoms with E-state index in [9.17, 15) is 9.59 Å². The summed E-state index contributed by atoms with van der Waals surface area (Å²) in [6, 6.07) is 24.8. The van der Waals surface area contributed by atoms with Gasteiger partial charge in [0.15, 0.2) is 0 Å². The zero-order valence-corrected chi connectivity index (χ0v) is 21.3. The van der Waals surface area contributed by atoms with Gasteiger partial charge in [0, 0.05) is 13.1 Å². The van der Waals surface area contributed by atoms with Crippen molar-refractivity contribution in [1.82, 2.24) is 19.8 Å². The molecule has 7 heteroatoms. The summed E-state index contributed by atoms with van der Waals surface area (Å²) in [4.78, 5) is 33.6. The van der Waals surface area contributed by atoms with E-state index >= 15 is 0 Å². The third kappa shape index (κ3) is 5.21. The van der Waals surface area contributed by atoms with Crippen molar-refractivity contribution in [3.05, 3.63) is 95.8 Å². The topological polar surface area (TPSA) is 76.5 Å². The van der Waals surface area contributed by atoms with Gasteiger partial charge >= 0.3 is 0 Å². The van der Waals surface area contributed by atoms with Gasteiger partial charge in [-0.2, -0.15) is 0 Å². The van der Waals surface area contributed by atoms with Crippen molar-refractivity contribution in [1.29, 1.82) is 0 Å². The highest BCUT2D eigenvalue weighted by atomic mass is 16.5. The number of imidazole rings is 1. The molecule has 0 aliphatic carbocycles. The van der Waals surface area contributed by atoms with Crippen LogP contribution in [0.15, 0.2) is 78.9 Å². The highest BCUT2D eigenvalue weighted by Gasteiger charge is 2.40. The smallest absolute Gasteiger partial charge is 0.247 e. The summed E-state index contributed by atoms with van der Waals surface area (Å²) in [7, 11) is 0. The van der Waals surface area contributed by atoms with Gasteiger partial charge in [0.25, 0.3) is 0 Å². The molecular weight excluding hydrogens is 464 g/mol. The van der Waals surface area contributed by atoms with Crippen LogP contribution in [0, 0.1) is 0 Å². The van der Waals surface area contributed by atoms with Gasteiger partial charge in [-0.15, -0.1) is 0 Å². The molecule has 1 aliphatic heterocycles. The maximum Gasteiger partial charge on any atom is 0.247 e. The monoisotopic (exact) mass is 496 g/mol. The van der Waals surface area contributed by atoms with E-state index in [1.165, 1.54) is 0 Å². The van der Waals surface area contributed by atoms with Gasteiger partial charge in [0.05, 0.1) is 30.1 Å². The number of carbonyl (C=O) groups excluding carboxylic acids is 2. The number of para-hydroxylation sites is 2. The standard InChI is InChI=1S/C30H32N4O3/c1-3-37-24-15-13-22(14-16-24)17-18-31-28(35)19-27-30(36)33(20-23-9-5-4-6-10-23)21(2)29-32-25-11-7-8-12-26(25)34(27)29/h4-16,21,27H,3,17-20H2,1-2H3,(H,31,35)/t21-,27+/m1/s1. The number of amides is 2. The highest BCUT2D eigenvalue weighted by Crippen LogP contribution is 2.37. The summed E-state index contributed by atoms with van der Waals surface area (Å²) in [6.07, 6.45) is 0.765. The quantitative estimate of drug-likeness (QED) is 0.360. The van der Waals surface area contributed by atoms with Gasteiger partial charge in [-0.25, -0.2) is 4.98 Å². The second kappa shape index (κ2) is 10.9. The summed E-state index contributed by atoms with van der Waals surface area (Å²) < 4.78 is 7.46. The number of nitrogens with one attached hydrogen (secondary N) is 1. The molecule has 0 unspecified atom stereocenters. The first-order chi connectivity index (χ1) is 18.0. The Morgan fingerprint density at radius 2 is 1.70 bits per heavy atom. The minimum Gasteiger partial charge on any atom is -0.494 e. The van der Waals surface area contributed by atoms with E-state index in [0.717, 1.165) is 33.7 Å². The van der Waals surface area contributed by atoms with Gasteiger partial charge < -0.3 is 19.5 Å². The van der Waals surface area contributed by atoms with Gasteiger partial charge in [0.2, 0.25) is 11.8 Å². The van der Waals surface area contributed by atoms with E-state index < -0.39 is 6.04 Å². The molecule has 0 radical (unpaired) electrons. The molecule has 3 aromatic carbocycles. The molecule has 4 aromatic rings. The average Bonchev–Trinajstić information content (AvgIpc) is 3.31. The number of nitrogens with zero attached hydrogens (tertiary/aromatic N) is 3. The van der Waals surface area contributed by atoms with E-state index in [1.807, 2.05) is 102 Å². The number of benzene rings is 3. The van der Waals surface area contributed by atoms with Gasteiger partial charge in [0.1, 0.15) is 17.6 Å². The Morgan fingerprint density at radius 3 is 2.46 bits per heavy atom. The van der Waals surface area contributed by atoms with Crippen LogP contribution < -0.4 is 10.1 Å². The second-order valence-corrected chi connectivity index (χ2v) is 9.35. The first-order valence-corrected chi connectivity index (χ1v) is 12.8. The fourth-order valence-electron chi connectivity index (χ4n) is 5.00. The zero-order chi connectivity index (χ0) is 25.8. The van der Waals surface area contributed by atoms with E-state index in [4.69, 9.17) is 9.72 Å². The SMILES string of the molecule is CCOc1ccc(CCNC(=O)C[C@H]2C(=O)N(Cc3ccccc3)[C@H](C)c3nc4ccccc4n32)cc1. The van der Waals surface area contributed by atoms with Crippen molar-refractivity contribution < 1.29 is 14.3 Å². The minimum absolute atomic E-state index is 0.0614. The molecule has 0 spiro atoms. The van der Waals surface area contributed by atoms with Crippen molar-refractivity contribution in [2.45, 2.75) is 45.3 Å². The molecule has 2 amide bonds. The summed E-state index contributed by atoms with van der Waals surface area (Å²) in [5, 5.41) is 3.01. The fourth-order valence-corrected chi connectivity index (χ4v) is 5.00. The van der Waals surface area contributed by atoms with Gasteiger partial charge in [-0.05, 0) is 55.7 Å². The molecule has 1 aromatic heterocycles. The van der Waals surface area contributed by atoms with Gasteiger partial charge in [-0.1, -0.05) is 54.6 Å². The Kier molecular flexibility index (Phi) is 7.21. The molecule has 0 saturated heterocycles.